The zero-order chi connectivity index (χ0) is 14.6. The Morgan fingerprint density at radius 1 is 1.47 bits per heavy atom. The third kappa shape index (κ3) is 5.33. The van der Waals surface area contributed by atoms with Crippen LogP contribution in [0.4, 0.5) is 18.0 Å². The Labute approximate surface area is 107 Å². The number of aliphatic carboxylic acids is 1. The first kappa shape index (κ1) is 15.5. The monoisotopic (exact) mass is 284 g/mol. The van der Waals surface area contributed by atoms with Crippen LogP contribution >= 0.6 is 0 Å². The van der Waals surface area contributed by atoms with Crippen molar-refractivity contribution in [2.24, 2.45) is 0 Å². The molecule has 0 saturated carbocycles. The minimum absolute atomic E-state index is 0.0205. The highest BCUT2D eigenvalue weighted by Gasteiger charge is 2.34. The van der Waals surface area contributed by atoms with E-state index in [1.807, 2.05) is 0 Å². The Morgan fingerprint density at radius 3 is 2.63 bits per heavy atom. The standard InChI is InChI=1S/C10H15F3N2O4/c1-14(6-10(11,12)13)9(18)15-2-3-19-7(5-15)4-8(16)17/h7H,2-6H2,1H3,(H,16,17). The highest BCUT2D eigenvalue weighted by atomic mass is 19.4. The molecule has 1 atom stereocenters. The Bertz CT molecular complexity index is 348. The molecule has 1 N–H and O–H groups in total. The van der Waals surface area contributed by atoms with Crippen LogP contribution in [0.1, 0.15) is 6.42 Å². The molecule has 9 heteroatoms. The van der Waals surface area contributed by atoms with Gasteiger partial charge < -0.3 is 19.6 Å². The van der Waals surface area contributed by atoms with E-state index < -0.39 is 30.8 Å². The molecule has 1 aliphatic rings. The maximum atomic E-state index is 12.2. The van der Waals surface area contributed by atoms with E-state index in [4.69, 9.17) is 9.84 Å². The number of halogens is 3. The molecule has 0 aromatic heterocycles. The molecule has 1 unspecified atom stereocenters. The third-order valence-corrected chi connectivity index (χ3v) is 2.55. The number of hydrogen-bond acceptors (Lipinski definition) is 3. The third-order valence-electron chi connectivity index (χ3n) is 2.55. The molecule has 1 fully saturated rings. The number of ether oxygens (including phenoxy) is 1. The first-order valence-corrected chi connectivity index (χ1v) is 5.59. The second-order valence-corrected chi connectivity index (χ2v) is 4.29. The van der Waals surface area contributed by atoms with Gasteiger partial charge in [0.2, 0.25) is 0 Å². The van der Waals surface area contributed by atoms with Gasteiger partial charge in [0.15, 0.2) is 0 Å². The van der Waals surface area contributed by atoms with Crippen LogP contribution in [-0.4, -0.2) is 72.5 Å². The highest BCUT2D eigenvalue weighted by Crippen LogP contribution is 2.17. The maximum Gasteiger partial charge on any atom is 0.406 e. The van der Waals surface area contributed by atoms with E-state index in [2.05, 4.69) is 0 Å². The average Bonchev–Trinajstić information content (AvgIpc) is 2.25. The number of morpholine rings is 1. The van der Waals surface area contributed by atoms with Crippen LogP contribution in [0.5, 0.6) is 0 Å². The molecule has 0 aromatic rings. The molecule has 0 radical (unpaired) electrons. The van der Waals surface area contributed by atoms with Gasteiger partial charge in [0.1, 0.15) is 6.54 Å². The fraction of sp³-hybridized carbons (Fsp3) is 0.800. The quantitative estimate of drug-likeness (QED) is 0.831. The number of hydrogen-bond donors (Lipinski definition) is 1. The predicted octanol–water partition coefficient (Wildman–Crippen LogP) is 0.776. The van der Waals surface area contributed by atoms with E-state index >= 15 is 0 Å². The first-order chi connectivity index (χ1) is 8.69. The van der Waals surface area contributed by atoms with Crippen molar-refractivity contribution in [1.82, 2.24) is 9.80 Å². The van der Waals surface area contributed by atoms with Crippen LogP contribution < -0.4 is 0 Å². The van der Waals surface area contributed by atoms with E-state index in [9.17, 15) is 22.8 Å². The lowest BCUT2D eigenvalue weighted by Gasteiger charge is -2.35. The van der Waals surface area contributed by atoms with Crippen molar-refractivity contribution in [2.45, 2.75) is 18.7 Å². The van der Waals surface area contributed by atoms with Gasteiger partial charge in [-0.2, -0.15) is 13.2 Å². The molecule has 1 saturated heterocycles. The number of carboxylic acid groups (broad SMARTS) is 1. The van der Waals surface area contributed by atoms with E-state index in [-0.39, 0.29) is 26.1 Å². The van der Waals surface area contributed by atoms with Crippen molar-refractivity contribution < 1.29 is 32.6 Å². The van der Waals surface area contributed by atoms with Gasteiger partial charge in [0.25, 0.3) is 0 Å². The summed E-state index contributed by atoms with van der Waals surface area (Å²) in [5.41, 5.74) is 0. The summed E-state index contributed by atoms with van der Waals surface area (Å²) >= 11 is 0. The maximum absolute atomic E-state index is 12.2. The lowest BCUT2D eigenvalue weighted by atomic mass is 10.2. The molecule has 110 valence electrons. The summed E-state index contributed by atoms with van der Waals surface area (Å²) in [6.07, 6.45) is -5.43. The zero-order valence-electron chi connectivity index (χ0n) is 10.3. The fourth-order valence-corrected chi connectivity index (χ4v) is 1.79. The van der Waals surface area contributed by atoms with Crippen molar-refractivity contribution in [3.8, 4) is 0 Å². The van der Waals surface area contributed by atoms with E-state index in [1.165, 1.54) is 4.90 Å². The molecule has 0 aromatic carbocycles. The SMILES string of the molecule is CN(CC(F)(F)F)C(=O)N1CCOC(CC(=O)O)C1. The molecule has 0 spiro atoms. The summed E-state index contributed by atoms with van der Waals surface area (Å²) in [6, 6.07) is -0.781. The molecular weight excluding hydrogens is 269 g/mol. The number of amides is 2. The van der Waals surface area contributed by atoms with Crippen molar-refractivity contribution in [2.75, 3.05) is 33.3 Å². The van der Waals surface area contributed by atoms with Gasteiger partial charge >= 0.3 is 18.2 Å². The van der Waals surface area contributed by atoms with Crippen LogP contribution in [0.3, 0.4) is 0 Å². The van der Waals surface area contributed by atoms with Gasteiger partial charge in [-0.15, -0.1) is 0 Å². The second-order valence-electron chi connectivity index (χ2n) is 4.29. The first-order valence-electron chi connectivity index (χ1n) is 5.59. The summed E-state index contributed by atoms with van der Waals surface area (Å²) in [5.74, 6) is -1.08. The molecule has 0 bridgehead atoms. The second kappa shape index (κ2) is 6.09. The molecule has 6 nitrogen and oxygen atoms in total. The normalized spacial score (nSPS) is 20.2. The molecule has 2 amide bonds. The van der Waals surface area contributed by atoms with Gasteiger partial charge in [-0.3, -0.25) is 4.79 Å². The average molecular weight is 284 g/mol. The van der Waals surface area contributed by atoms with Crippen molar-refractivity contribution >= 4 is 12.0 Å². The number of nitrogens with zero attached hydrogens (tertiary/aromatic N) is 2. The molecule has 19 heavy (non-hydrogen) atoms. The Morgan fingerprint density at radius 2 is 2.11 bits per heavy atom. The minimum Gasteiger partial charge on any atom is -0.481 e. The van der Waals surface area contributed by atoms with Gasteiger partial charge in [0.05, 0.1) is 19.1 Å². The number of carboxylic acids is 1. The van der Waals surface area contributed by atoms with Crippen LogP contribution in [0, 0.1) is 0 Å². The summed E-state index contributed by atoms with van der Waals surface area (Å²) in [4.78, 5) is 24.0. The summed E-state index contributed by atoms with van der Waals surface area (Å²) < 4.78 is 41.6. The van der Waals surface area contributed by atoms with Crippen LogP contribution in [-0.2, 0) is 9.53 Å². The predicted molar refractivity (Wildman–Crippen MR) is 57.6 cm³/mol. The van der Waals surface area contributed by atoms with E-state index in [0.29, 0.717) is 4.90 Å². The van der Waals surface area contributed by atoms with Crippen LogP contribution in [0.25, 0.3) is 0 Å². The molecule has 1 rings (SSSR count). The Kier molecular flexibility index (Phi) is 4.98. The van der Waals surface area contributed by atoms with Crippen LogP contribution in [0.15, 0.2) is 0 Å². The number of carbonyl (C=O) groups excluding carboxylic acids is 1. The zero-order valence-corrected chi connectivity index (χ0v) is 10.3. The van der Waals surface area contributed by atoms with Crippen molar-refractivity contribution in [1.29, 1.82) is 0 Å². The number of alkyl halides is 3. The number of urea groups is 1. The molecular formula is C10H15F3N2O4. The smallest absolute Gasteiger partial charge is 0.406 e. The molecule has 1 aliphatic heterocycles. The Hall–Kier alpha value is -1.51. The lowest BCUT2D eigenvalue weighted by molar-refractivity contribution is -0.142. The van der Waals surface area contributed by atoms with Gasteiger partial charge in [-0.25, -0.2) is 4.79 Å². The summed E-state index contributed by atoms with van der Waals surface area (Å²) in [7, 11) is 1.05. The van der Waals surface area contributed by atoms with Crippen molar-refractivity contribution in [3.63, 3.8) is 0 Å². The summed E-state index contributed by atoms with van der Waals surface area (Å²) in [5, 5.41) is 8.61. The lowest BCUT2D eigenvalue weighted by Crippen LogP contribution is -2.51. The van der Waals surface area contributed by atoms with E-state index in [0.717, 1.165) is 7.05 Å². The van der Waals surface area contributed by atoms with Gasteiger partial charge in [-0.1, -0.05) is 0 Å². The Balaban J connectivity index is 2.54. The number of carbonyl (C=O) groups is 2. The van der Waals surface area contributed by atoms with E-state index in [1.54, 1.807) is 0 Å². The fourth-order valence-electron chi connectivity index (χ4n) is 1.79. The molecule has 0 aliphatic carbocycles. The number of rotatable bonds is 3. The van der Waals surface area contributed by atoms with Crippen molar-refractivity contribution in [3.05, 3.63) is 0 Å². The van der Waals surface area contributed by atoms with Gasteiger partial charge in [0, 0.05) is 20.1 Å². The highest BCUT2D eigenvalue weighted by molar-refractivity contribution is 5.74. The van der Waals surface area contributed by atoms with Crippen LogP contribution in [0.2, 0.25) is 0 Å². The minimum atomic E-state index is -4.46. The summed E-state index contributed by atoms with van der Waals surface area (Å²) in [6.45, 7) is -1.10. The van der Waals surface area contributed by atoms with Gasteiger partial charge in [-0.05, 0) is 0 Å². The molecule has 1 heterocycles. The largest absolute Gasteiger partial charge is 0.481 e. The topological polar surface area (TPSA) is 70.1 Å².